The smallest absolute Gasteiger partial charge is 0.268 e. The van der Waals surface area contributed by atoms with Crippen LogP contribution in [0.4, 0.5) is 5.69 Å². The van der Waals surface area contributed by atoms with Gasteiger partial charge in [0.15, 0.2) is 11.5 Å². The number of amides is 1. The van der Waals surface area contributed by atoms with E-state index in [1.54, 1.807) is 25.2 Å². The van der Waals surface area contributed by atoms with E-state index in [-0.39, 0.29) is 5.91 Å². The number of anilines is 1. The van der Waals surface area contributed by atoms with Gasteiger partial charge in [-0.25, -0.2) is 0 Å². The predicted octanol–water partition coefficient (Wildman–Crippen LogP) is 5.15. The number of thiophene rings is 1. The zero-order chi connectivity index (χ0) is 22.0. The second kappa shape index (κ2) is 8.65. The number of hydrogen-bond acceptors (Lipinski definition) is 5. The number of nitrogens with zero attached hydrogens (tertiary/aromatic N) is 3. The van der Waals surface area contributed by atoms with Crippen LogP contribution in [0.3, 0.4) is 0 Å². The lowest BCUT2D eigenvalue weighted by Gasteiger charge is -2.20. The molecule has 0 saturated carbocycles. The molecule has 2 aromatic heterocycles. The van der Waals surface area contributed by atoms with Gasteiger partial charge in [-0.15, -0.1) is 17.9 Å². The maximum atomic E-state index is 13.4. The van der Waals surface area contributed by atoms with Crippen LogP contribution >= 0.6 is 11.3 Å². The van der Waals surface area contributed by atoms with E-state index in [4.69, 9.17) is 9.47 Å². The fourth-order valence-corrected chi connectivity index (χ4v) is 4.54. The molecule has 0 fully saturated rings. The number of benzene rings is 2. The van der Waals surface area contributed by atoms with Crippen molar-refractivity contribution >= 4 is 33.1 Å². The van der Waals surface area contributed by atoms with Crippen molar-refractivity contribution in [2.75, 3.05) is 25.7 Å². The summed E-state index contributed by atoms with van der Waals surface area (Å²) in [6, 6.07) is 17.2. The Kier molecular flexibility index (Phi) is 5.77. The maximum absolute atomic E-state index is 13.4. The van der Waals surface area contributed by atoms with Crippen molar-refractivity contribution < 1.29 is 14.3 Å². The topological polar surface area (TPSA) is 56.6 Å². The highest BCUT2D eigenvalue weighted by atomic mass is 32.1. The summed E-state index contributed by atoms with van der Waals surface area (Å²) in [6.45, 7) is 4.23. The molecule has 0 bridgehead atoms. The minimum atomic E-state index is -0.0643. The second-order valence-corrected chi connectivity index (χ2v) is 7.94. The van der Waals surface area contributed by atoms with Crippen LogP contribution in [0.15, 0.2) is 67.3 Å². The molecule has 0 N–H and O–H groups in total. The summed E-state index contributed by atoms with van der Waals surface area (Å²) in [5.41, 5.74) is 2.53. The maximum Gasteiger partial charge on any atom is 0.268 e. The normalized spacial score (nSPS) is 10.8. The number of aryl methyl sites for hydroxylation is 1. The van der Waals surface area contributed by atoms with Crippen molar-refractivity contribution in [1.82, 2.24) is 9.78 Å². The minimum absolute atomic E-state index is 0.0643. The van der Waals surface area contributed by atoms with Crippen LogP contribution in [-0.2, 0) is 7.05 Å². The third kappa shape index (κ3) is 3.80. The van der Waals surface area contributed by atoms with E-state index >= 15 is 0 Å². The number of aromatic nitrogens is 2. The lowest BCUT2D eigenvalue weighted by Crippen LogP contribution is -2.30. The molecule has 31 heavy (non-hydrogen) atoms. The van der Waals surface area contributed by atoms with Gasteiger partial charge in [0.1, 0.15) is 10.5 Å². The van der Waals surface area contributed by atoms with Crippen LogP contribution in [0.2, 0.25) is 0 Å². The molecule has 0 radical (unpaired) electrons. The van der Waals surface area contributed by atoms with Crippen LogP contribution in [-0.4, -0.2) is 36.5 Å². The number of carbonyl (C=O) groups is 1. The predicted molar refractivity (Wildman–Crippen MR) is 125 cm³/mol. The molecule has 0 aliphatic carbocycles. The highest BCUT2D eigenvalue weighted by Crippen LogP contribution is 2.38. The van der Waals surface area contributed by atoms with Gasteiger partial charge >= 0.3 is 0 Å². The first-order chi connectivity index (χ1) is 15.1. The van der Waals surface area contributed by atoms with E-state index in [1.807, 2.05) is 66.3 Å². The molecular formula is C24H23N3O3S. The number of ether oxygens (including phenoxy) is 2. The molecule has 0 atom stereocenters. The number of hydrogen-bond donors (Lipinski definition) is 0. The third-order valence-corrected chi connectivity index (χ3v) is 6.19. The van der Waals surface area contributed by atoms with Crippen molar-refractivity contribution in [2.45, 2.75) is 0 Å². The average molecular weight is 434 g/mol. The summed E-state index contributed by atoms with van der Waals surface area (Å²) >= 11 is 1.43. The zero-order valence-corrected chi connectivity index (χ0v) is 18.5. The van der Waals surface area contributed by atoms with E-state index in [1.165, 1.54) is 11.3 Å². The Bertz CT molecular complexity index is 1240. The SMILES string of the molecule is C=CCN(C(=O)c1cc2c(-c3ccc(OC)c(OC)c3)nn(C)c2s1)c1ccccc1. The highest BCUT2D eigenvalue weighted by Gasteiger charge is 2.23. The summed E-state index contributed by atoms with van der Waals surface area (Å²) in [4.78, 5) is 16.7. The first kappa shape index (κ1) is 20.7. The van der Waals surface area contributed by atoms with E-state index in [0.717, 1.165) is 27.2 Å². The van der Waals surface area contributed by atoms with E-state index < -0.39 is 0 Å². The quantitative estimate of drug-likeness (QED) is 0.378. The van der Waals surface area contributed by atoms with Gasteiger partial charge in [-0.1, -0.05) is 24.3 Å². The first-order valence-electron chi connectivity index (χ1n) is 9.74. The summed E-state index contributed by atoms with van der Waals surface area (Å²) in [5.74, 6) is 1.22. The summed E-state index contributed by atoms with van der Waals surface area (Å²) in [5, 5.41) is 5.61. The van der Waals surface area contributed by atoms with Crippen molar-refractivity contribution in [3.8, 4) is 22.8 Å². The molecule has 1 amide bonds. The molecule has 4 aromatic rings. The fraction of sp³-hybridized carbons (Fsp3) is 0.167. The highest BCUT2D eigenvalue weighted by molar-refractivity contribution is 7.20. The third-order valence-electron chi connectivity index (χ3n) is 5.00. The van der Waals surface area contributed by atoms with Crippen LogP contribution in [0, 0.1) is 0 Å². The molecule has 0 spiro atoms. The Balaban J connectivity index is 1.77. The van der Waals surface area contributed by atoms with Crippen LogP contribution in [0.25, 0.3) is 21.5 Å². The first-order valence-corrected chi connectivity index (χ1v) is 10.6. The summed E-state index contributed by atoms with van der Waals surface area (Å²) < 4.78 is 12.6. The van der Waals surface area contributed by atoms with Gasteiger partial charge in [-0.05, 0) is 36.4 Å². The van der Waals surface area contributed by atoms with Gasteiger partial charge < -0.3 is 14.4 Å². The molecule has 4 rings (SSSR count). The second-order valence-electron chi connectivity index (χ2n) is 6.91. The van der Waals surface area contributed by atoms with Crippen molar-refractivity contribution in [3.05, 3.63) is 72.1 Å². The van der Waals surface area contributed by atoms with Gasteiger partial charge in [0.25, 0.3) is 5.91 Å². The molecular weight excluding hydrogens is 410 g/mol. The molecule has 158 valence electrons. The number of carbonyl (C=O) groups excluding carboxylic acids is 1. The van der Waals surface area contributed by atoms with Crippen LogP contribution in [0.1, 0.15) is 9.67 Å². The van der Waals surface area contributed by atoms with Crippen molar-refractivity contribution in [2.24, 2.45) is 7.05 Å². The molecule has 0 saturated heterocycles. The number of para-hydroxylation sites is 1. The van der Waals surface area contributed by atoms with Gasteiger partial charge in [0.05, 0.1) is 19.1 Å². The van der Waals surface area contributed by atoms with Crippen molar-refractivity contribution in [1.29, 1.82) is 0 Å². The van der Waals surface area contributed by atoms with Crippen LogP contribution < -0.4 is 14.4 Å². The Morgan fingerprint density at radius 3 is 2.55 bits per heavy atom. The summed E-state index contributed by atoms with van der Waals surface area (Å²) in [7, 11) is 5.10. The molecule has 7 heteroatoms. The molecule has 0 unspecified atom stereocenters. The molecule has 0 aliphatic rings. The number of methoxy groups -OCH3 is 2. The van der Waals surface area contributed by atoms with E-state index in [9.17, 15) is 4.79 Å². The van der Waals surface area contributed by atoms with E-state index in [2.05, 4.69) is 11.7 Å². The zero-order valence-electron chi connectivity index (χ0n) is 17.7. The number of fused-ring (bicyclic) bond motifs is 1. The summed E-state index contributed by atoms with van der Waals surface area (Å²) in [6.07, 6.45) is 1.73. The van der Waals surface area contributed by atoms with Crippen molar-refractivity contribution in [3.63, 3.8) is 0 Å². The molecule has 6 nitrogen and oxygen atoms in total. The Hall–Kier alpha value is -3.58. The van der Waals surface area contributed by atoms with Crippen LogP contribution in [0.5, 0.6) is 11.5 Å². The van der Waals surface area contributed by atoms with Gasteiger partial charge in [-0.2, -0.15) is 5.10 Å². The van der Waals surface area contributed by atoms with Gasteiger partial charge in [-0.3, -0.25) is 9.48 Å². The monoisotopic (exact) mass is 433 g/mol. The largest absolute Gasteiger partial charge is 0.493 e. The average Bonchev–Trinajstić information content (AvgIpc) is 3.37. The lowest BCUT2D eigenvalue weighted by atomic mass is 10.1. The van der Waals surface area contributed by atoms with Gasteiger partial charge in [0.2, 0.25) is 0 Å². The molecule has 2 aromatic carbocycles. The van der Waals surface area contributed by atoms with Gasteiger partial charge in [0, 0.05) is 30.2 Å². The fourth-order valence-electron chi connectivity index (χ4n) is 3.52. The Morgan fingerprint density at radius 2 is 1.87 bits per heavy atom. The van der Waals surface area contributed by atoms with E-state index in [0.29, 0.717) is 22.9 Å². The Morgan fingerprint density at radius 1 is 1.13 bits per heavy atom. The lowest BCUT2D eigenvalue weighted by molar-refractivity contribution is 0.0993. The molecule has 2 heterocycles. The minimum Gasteiger partial charge on any atom is -0.493 e. The number of rotatable bonds is 7. The Labute approximate surface area is 184 Å². The molecule has 0 aliphatic heterocycles. The standard InChI is InChI=1S/C24H23N3O3S/c1-5-13-27(17-9-7-6-8-10-17)23(28)21-15-18-22(25-26(2)24(18)31-21)16-11-12-19(29-3)20(14-16)30-4/h5-12,14-15H,1,13H2,2-4H3.